The standard InChI is InChI=1S/C20H35N3O2/c1-21(14-15-22-12-6-2-3-7-13-22)20(25)17-10-11-19(24)23(16-17)18-8-4-5-9-18/h17-18H,2-16H2,1H3/t17-/m0/s1. The molecule has 2 aliphatic heterocycles. The summed E-state index contributed by atoms with van der Waals surface area (Å²) in [7, 11) is 1.94. The fraction of sp³-hybridized carbons (Fsp3) is 0.900. The summed E-state index contributed by atoms with van der Waals surface area (Å²) in [5, 5.41) is 0. The van der Waals surface area contributed by atoms with E-state index in [4.69, 9.17) is 0 Å². The summed E-state index contributed by atoms with van der Waals surface area (Å²) in [4.78, 5) is 31.6. The van der Waals surface area contributed by atoms with E-state index in [-0.39, 0.29) is 17.7 Å². The molecule has 0 N–H and O–H groups in total. The van der Waals surface area contributed by atoms with Gasteiger partial charge < -0.3 is 14.7 Å². The molecular formula is C20H35N3O2. The van der Waals surface area contributed by atoms with Crippen molar-refractivity contribution in [3.05, 3.63) is 0 Å². The Bertz CT molecular complexity index is 454. The number of hydrogen-bond donors (Lipinski definition) is 0. The summed E-state index contributed by atoms with van der Waals surface area (Å²) in [5.74, 6) is 0.515. The van der Waals surface area contributed by atoms with E-state index >= 15 is 0 Å². The molecule has 5 nitrogen and oxygen atoms in total. The Labute approximate surface area is 152 Å². The van der Waals surface area contributed by atoms with Gasteiger partial charge in [0.2, 0.25) is 11.8 Å². The fourth-order valence-electron chi connectivity index (χ4n) is 4.72. The lowest BCUT2D eigenvalue weighted by molar-refractivity contribution is -0.144. The molecule has 0 aromatic carbocycles. The normalized spacial score (nSPS) is 26.7. The van der Waals surface area contributed by atoms with Crippen LogP contribution < -0.4 is 0 Å². The Morgan fingerprint density at radius 3 is 2.40 bits per heavy atom. The minimum Gasteiger partial charge on any atom is -0.344 e. The lowest BCUT2D eigenvalue weighted by Crippen LogP contribution is -2.50. The van der Waals surface area contributed by atoms with Gasteiger partial charge in [-0.25, -0.2) is 0 Å². The molecule has 0 spiro atoms. The number of nitrogens with zero attached hydrogens (tertiary/aromatic N) is 3. The molecule has 2 saturated heterocycles. The van der Waals surface area contributed by atoms with E-state index in [1.54, 1.807) is 0 Å². The van der Waals surface area contributed by atoms with E-state index in [1.165, 1.54) is 51.6 Å². The number of rotatable bonds is 5. The number of carbonyl (C=O) groups is 2. The zero-order valence-electron chi connectivity index (χ0n) is 15.9. The van der Waals surface area contributed by atoms with Gasteiger partial charge in [-0.05, 0) is 45.2 Å². The van der Waals surface area contributed by atoms with Crippen LogP contribution in [0.3, 0.4) is 0 Å². The molecule has 5 heteroatoms. The second-order valence-electron chi connectivity index (χ2n) is 8.24. The fourth-order valence-corrected chi connectivity index (χ4v) is 4.72. The highest BCUT2D eigenvalue weighted by molar-refractivity contribution is 5.84. The minimum atomic E-state index is 0.00688. The van der Waals surface area contributed by atoms with Gasteiger partial charge in [-0.3, -0.25) is 9.59 Å². The molecule has 1 saturated carbocycles. The first-order valence-electron chi connectivity index (χ1n) is 10.4. The van der Waals surface area contributed by atoms with Crippen molar-refractivity contribution in [2.24, 2.45) is 5.92 Å². The first kappa shape index (κ1) is 18.7. The zero-order chi connectivity index (χ0) is 17.6. The number of likely N-dealkylation sites (tertiary alicyclic amines) is 2. The Hall–Kier alpha value is -1.10. The first-order chi connectivity index (χ1) is 12.1. The molecule has 2 heterocycles. The van der Waals surface area contributed by atoms with Gasteiger partial charge in [0.05, 0.1) is 5.92 Å². The highest BCUT2D eigenvalue weighted by atomic mass is 16.2. The van der Waals surface area contributed by atoms with Crippen LogP contribution in [0.1, 0.15) is 64.2 Å². The SMILES string of the molecule is CN(CCN1CCCCCC1)C(=O)[C@H]1CCC(=O)N(C2CCCC2)C1. The Morgan fingerprint density at radius 1 is 1.04 bits per heavy atom. The van der Waals surface area contributed by atoms with Crippen LogP contribution >= 0.6 is 0 Å². The predicted molar refractivity (Wildman–Crippen MR) is 99.2 cm³/mol. The maximum absolute atomic E-state index is 12.9. The summed E-state index contributed by atoms with van der Waals surface area (Å²) in [6.45, 7) is 4.80. The van der Waals surface area contributed by atoms with Crippen LogP contribution in [-0.2, 0) is 9.59 Å². The van der Waals surface area contributed by atoms with Gasteiger partial charge in [0, 0.05) is 39.1 Å². The summed E-state index contributed by atoms with van der Waals surface area (Å²) < 4.78 is 0. The van der Waals surface area contributed by atoms with Gasteiger partial charge in [0.25, 0.3) is 0 Å². The molecule has 3 fully saturated rings. The maximum Gasteiger partial charge on any atom is 0.227 e. The molecule has 0 unspecified atom stereocenters. The van der Waals surface area contributed by atoms with Crippen LogP contribution in [-0.4, -0.2) is 72.3 Å². The van der Waals surface area contributed by atoms with Crippen molar-refractivity contribution >= 4 is 11.8 Å². The third-order valence-corrected chi connectivity index (χ3v) is 6.39. The lowest BCUT2D eigenvalue weighted by Gasteiger charge is -2.37. The lowest BCUT2D eigenvalue weighted by atomic mass is 9.94. The molecule has 0 aromatic heterocycles. The monoisotopic (exact) mass is 349 g/mol. The third-order valence-electron chi connectivity index (χ3n) is 6.39. The Morgan fingerprint density at radius 2 is 1.72 bits per heavy atom. The van der Waals surface area contributed by atoms with E-state index in [0.717, 1.165) is 32.4 Å². The largest absolute Gasteiger partial charge is 0.344 e. The van der Waals surface area contributed by atoms with Crippen LogP contribution in [0.2, 0.25) is 0 Å². The van der Waals surface area contributed by atoms with Crippen molar-refractivity contribution in [1.82, 2.24) is 14.7 Å². The molecule has 0 radical (unpaired) electrons. The first-order valence-corrected chi connectivity index (χ1v) is 10.4. The van der Waals surface area contributed by atoms with Crippen LogP contribution in [0, 0.1) is 5.92 Å². The number of carbonyl (C=O) groups excluding carboxylic acids is 2. The van der Waals surface area contributed by atoms with Gasteiger partial charge in [-0.15, -0.1) is 0 Å². The molecule has 3 rings (SSSR count). The molecule has 1 aliphatic carbocycles. The predicted octanol–water partition coefficient (Wildman–Crippen LogP) is 2.50. The van der Waals surface area contributed by atoms with E-state index < -0.39 is 0 Å². The molecule has 0 aromatic rings. The van der Waals surface area contributed by atoms with Crippen molar-refractivity contribution in [3.63, 3.8) is 0 Å². The van der Waals surface area contributed by atoms with Crippen LogP contribution in [0.5, 0.6) is 0 Å². The van der Waals surface area contributed by atoms with Crippen molar-refractivity contribution in [2.45, 2.75) is 70.3 Å². The number of likely N-dealkylation sites (N-methyl/N-ethyl adjacent to an activating group) is 1. The smallest absolute Gasteiger partial charge is 0.227 e. The zero-order valence-corrected chi connectivity index (χ0v) is 15.9. The average Bonchev–Trinajstić information content (AvgIpc) is 3.03. The minimum absolute atomic E-state index is 0.00688. The van der Waals surface area contributed by atoms with Crippen molar-refractivity contribution in [2.75, 3.05) is 39.8 Å². The van der Waals surface area contributed by atoms with Crippen molar-refractivity contribution in [1.29, 1.82) is 0 Å². The summed E-state index contributed by atoms with van der Waals surface area (Å²) in [6.07, 6.45) is 11.2. The average molecular weight is 350 g/mol. The summed E-state index contributed by atoms with van der Waals surface area (Å²) in [6, 6.07) is 0.394. The van der Waals surface area contributed by atoms with Crippen LogP contribution in [0.15, 0.2) is 0 Å². The molecule has 2 amide bonds. The van der Waals surface area contributed by atoms with Crippen molar-refractivity contribution in [3.8, 4) is 0 Å². The molecular weight excluding hydrogens is 314 g/mol. The molecule has 142 valence electrons. The number of amides is 2. The summed E-state index contributed by atoms with van der Waals surface area (Å²) in [5.41, 5.74) is 0. The molecule has 0 bridgehead atoms. The Balaban J connectivity index is 1.48. The van der Waals surface area contributed by atoms with E-state index in [1.807, 2.05) is 16.8 Å². The summed E-state index contributed by atoms with van der Waals surface area (Å²) >= 11 is 0. The van der Waals surface area contributed by atoms with Gasteiger partial charge in [0.15, 0.2) is 0 Å². The topological polar surface area (TPSA) is 43.9 Å². The molecule has 1 atom stereocenters. The Kier molecular flexibility index (Phi) is 6.74. The molecule has 25 heavy (non-hydrogen) atoms. The van der Waals surface area contributed by atoms with E-state index in [0.29, 0.717) is 19.0 Å². The highest BCUT2D eigenvalue weighted by Crippen LogP contribution is 2.29. The van der Waals surface area contributed by atoms with Gasteiger partial charge in [0.1, 0.15) is 0 Å². The number of piperidine rings is 1. The van der Waals surface area contributed by atoms with Gasteiger partial charge in [-0.1, -0.05) is 25.7 Å². The van der Waals surface area contributed by atoms with Gasteiger partial charge >= 0.3 is 0 Å². The third kappa shape index (κ3) is 4.96. The highest BCUT2D eigenvalue weighted by Gasteiger charge is 2.36. The quantitative estimate of drug-likeness (QED) is 0.766. The molecule has 3 aliphatic rings. The van der Waals surface area contributed by atoms with Crippen LogP contribution in [0.4, 0.5) is 0 Å². The van der Waals surface area contributed by atoms with Crippen molar-refractivity contribution < 1.29 is 9.59 Å². The van der Waals surface area contributed by atoms with Gasteiger partial charge in [-0.2, -0.15) is 0 Å². The van der Waals surface area contributed by atoms with E-state index in [2.05, 4.69) is 4.90 Å². The second kappa shape index (κ2) is 9.02. The number of hydrogen-bond acceptors (Lipinski definition) is 3. The van der Waals surface area contributed by atoms with Crippen LogP contribution in [0.25, 0.3) is 0 Å². The maximum atomic E-state index is 12.9. The second-order valence-corrected chi connectivity index (χ2v) is 8.24. The van der Waals surface area contributed by atoms with E-state index in [9.17, 15) is 9.59 Å².